The number of hydrogen-bond acceptors (Lipinski definition) is 3. The first kappa shape index (κ1) is 16.1. The van der Waals surface area contributed by atoms with Gasteiger partial charge in [0.05, 0.1) is 13.7 Å². The maximum Gasteiger partial charge on any atom is 0.191 e. The number of aliphatic imine (C=N–C) groups is 1. The Morgan fingerprint density at radius 1 is 1.40 bits per heavy atom. The van der Waals surface area contributed by atoms with Gasteiger partial charge >= 0.3 is 0 Å². The molecule has 0 saturated heterocycles. The first-order chi connectivity index (χ1) is 9.60. The van der Waals surface area contributed by atoms with E-state index in [1.807, 2.05) is 13.0 Å². The average molecular weight is 279 g/mol. The monoisotopic (exact) mass is 279 g/mol. The van der Waals surface area contributed by atoms with Gasteiger partial charge in [-0.1, -0.05) is 13.0 Å². The Bertz CT molecular complexity index is 447. The molecule has 0 fully saturated rings. The number of nitrogens with zero attached hydrogens (tertiary/aromatic N) is 1. The Hall–Kier alpha value is -1.91. The topological polar surface area (TPSA) is 65.9 Å². The quantitative estimate of drug-likeness (QED) is 0.552. The first-order valence-corrected chi connectivity index (χ1v) is 7.01. The van der Waals surface area contributed by atoms with Gasteiger partial charge in [0.25, 0.3) is 0 Å². The van der Waals surface area contributed by atoms with Gasteiger partial charge in [0, 0.05) is 12.6 Å². The predicted octanol–water partition coefficient (Wildman–Crippen LogP) is 2.25. The molecule has 112 valence electrons. The van der Waals surface area contributed by atoms with Crippen LogP contribution in [-0.4, -0.2) is 30.8 Å². The Labute approximate surface area is 121 Å². The number of benzene rings is 1. The van der Waals surface area contributed by atoms with Gasteiger partial charge in [0.1, 0.15) is 0 Å². The molecule has 1 aromatic rings. The largest absolute Gasteiger partial charge is 0.504 e. The molecule has 0 spiro atoms. The number of nitrogens with one attached hydrogen (secondary N) is 2. The van der Waals surface area contributed by atoms with Crippen molar-refractivity contribution in [2.45, 2.75) is 39.8 Å². The zero-order valence-electron chi connectivity index (χ0n) is 12.7. The predicted molar refractivity (Wildman–Crippen MR) is 82.4 cm³/mol. The Kier molecular flexibility index (Phi) is 6.70. The summed E-state index contributed by atoms with van der Waals surface area (Å²) < 4.78 is 5.02. The van der Waals surface area contributed by atoms with E-state index in [0.717, 1.165) is 24.5 Å². The SMILES string of the molecule is CCNC(=NCc1ccc(OC)c(O)c1)NC(C)CC. The molecule has 0 heterocycles. The number of methoxy groups -OCH3 is 1. The molecule has 0 amide bonds. The third kappa shape index (κ3) is 4.99. The molecular weight excluding hydrogens is 254 g/mol. The molecule has 1 unspecified atom stereocenters. The van der Waals surface area contributed by atoms with Crippen LogP contribution in [0.3, 0.4) is 0 Å². The molecular formula is C15H25N3O2. The minimum absolute atomic E-state index is 0.139. The second-order valence-corrected chi connectivity index (χ2v) is 4.65. The second-order valence-electron chi connectivity index (χ2n) is 4.65. The van der Waals surface area contributed by atoms with Gasteiger partial charge in [-0.25, -0.2) is 4.99 Å². The molecule has 5 heteroatoms. The van der Waals surface area contributed by atoms with E-state index < -0.39 is 0 Å². The smallest absolute Gasteiger partial charge is 0.191 e. The highest BCUT2D eigenvalue weighted by atomic mass is 16.5. The van der Waals surface area contributed by atoms with Crippen LogP contribution >= 0.6 is 0 Å². The molecule has 20 heavy (non-hydrogen) atoms. The third-order valence-corrected chi connectivity index (χ3v) is 3.00. The normalized spacial score (nSPS) is 12.9. The van der Waals surface area contributed by atoms with Crippen LogP contribution in [0.5, 0.6) is 11.5 Å². The lowest BCUT2D eigenvalue weighted by atomic mass is 10.2. The zero-order valence-corrected chi connectivity index (χ0v) is 12.7. The standard InChI is InChI=1S/C15H25N3O2/c1-5-11(3)18-15(16-6-2)17-10-12-7-8-14(20-4)13(19)9-12/h7-9,11,19H,5-6,10H2,1-4H3,(H2,16,17,18). The van der Waals surface area contributed by atoms with Crippen LogP contribution in [0.4, 0.5) is 0 Å². The summed E-state index contributed by atoms with van der Waals surface area (Å²) in [5.74, 6) is 1.40. The summed E-state index contributed by atoms with van der Waals surface area (Å²) in [5.41, 5.74) is 0.935. The fraction of sp³-hybridized carbons (Fsp3) is 0.533. The van der Waals surface area contributed by atoms with Crippen molar-refractivity contribution >= 4 is 5.96 Å². The van der Waals surface area contributed by atoms with Crippen molar-refractivity contribution in [3.8, 4) is 11.5 Å². The Morgan fingerprint density at radius 3 is 2.70 bits per heavy atom. The van der Waals surface area contributed by atoms with E-state index in [1.54, 1.807) is 12.1 Å². The minimum atomic E-state index is 0.139. The van der Waals surface area contributed by atoms with Crippen LogP contribution in [0, 0.1) is 0 Å². The molecule has 1 atom stereocenters. The Balaban J connectivity index is 2.73. The van der Waals surface area contributed by atoms with Crippen molar-refractivity contribution in [1.29, 1.82) is 0 Å². The van der Waals surface area contributed by atoms with Crippen molar-refractivity contribution in [1.82, 2.24) is 10.6 Å². The van der Waals surface area contributed by atoms with Crippen molar-refractivity contribution in [2.75, 3.05) is 13.7 Å². The molecule has 0 aliphatic rings. The van der Waals surface area contributed by atoms with Crippen LogP contribution in [0.2, 0.25) is 0 Å². The van der Waals surface area contributed by atoms with Crippen molar-refractivity contribution in [3.63, 3.8) is 0 Å². The van der Waals surface area contributed by atoms with Crippen LogP contribution in [0.1, 0.15) is 32.8 Å². The van der Waals surface area contributed by atoms with Gasteiger partial charge in [0.2, 0.25) is 0 Å². The van der Waals surface area contributed by atoms with E-state index >= 15 is 0 Å². The van der Waals surface area contributed by atoms with Gasteiger partial charge in [-0.15, -0.1) is 0 Å². The zero-order chi connectivity index (χ0) is 15.0. The summed E-state index contributed by atoms with van der Waals surface area (Å²) in [5, 5.41) is 16.3. The van der Waals surface area contributed by atoms with Crippen molar-refractivity contribution in [3.05, 3.63) is 23.8 Å². The fourth-order valence-corrected chi connectivity index (χ4v) is 1.66. The molecule has 0 radical (unpaired) electrons. The molecule has 3 N–H and O–H groups in total. The van der Waals surface area contributed by atoms with E-state index in [-0.39, 0.29) is 5.75 Å². The van der Waals surface area contributed by atoms with Gasteiger partial charge in [0.15, 0.2) is 17.5 Å². The molecule has 0 aliphatic heterocycles. The van der Waals surface area contributed by atoms with E-state index in [4.69, 9.17) is 4.74 Å². The van der Waals surface area contributed by atoms with E-state index in [1.165, 1.54) is 7.11 Å². The molecule has 0 aromatic heterocycles. The molecule has 1 aromatic carbocycles. The average Bonchev–Trinajstić information content (AvgIpc) is 2.45. The summed E-state index contributed by atoms with van der Waals surface area (Å²) in [4.78, 5) is 4.51. The Morgan fingerprint density at radius 2 is 2.15 bits per heavy atom. The van der Waals surface area contributed by atoms with Crippen LogP contribution in [0.25, 0.3) is 0 Å². The van der Waals surface area contributed by atoms with E-state index in [2.05, 4.69) is 29.5 Å². The highest BCUT2D eigenvalue weighted by molar-refractivity contribution is 5.80. The highest BCUT2D eigenvalue weighted by Gasteiger charge is 2.04. The van der Waals surface area contributed by atoms with Crippen LogP contribution in [0.15, 0.2) is 23.2 Å². The summed E-state index contributed by atoms with van der Waals surface area (Å²) in [6.07, 6.45) is 1.04. The number of guanidine groups is 1. The van der Waals surface area contributed by atoms with Gasteiger partial charge in [-0.3, -0.25) is 0 Å². The molecule has 0 saturated carbocycles. The lowest BCUT2D eigenvalue weighted by molar-refractivity contribution is 0.373. The summed E-state index contributed by atoms with van der Waals surface area (Å²) in [7, 11) is 1.53. The van der Waals surface area contributed by atoms with Gasteiger partial charge in [-0.2, -0.15) is 0 Å². The van der Waals surface area contributed by atoms with E-state index in [0.29, 0.717) is 18.3 Å². The number of aromatic hydroxyl groups is 1. The summed E-state index contributed by atoms with van der Waals surface area (Å²) in [6.45, 7) is 7.60. The van der Waals surface area contributed by atoms with E-state index in [9.17, 15) is 5.11 Å². The molecule has 1 rings (SSSR count). The summed E-state index contributed by atoms with van der Waals surface area (Å²) >= 11 is 0. The van der Waals surface area contributed by atoms with Gasteiger partial charge < -0.3 is 20.5 Å². The first-order valence-electron chi connectivity index (χ1n) is 7.01. The number of rotatable bonds is 6. The number of phenolic OH excluding ortho intramolecular Hbond substituents is 1. The minimum Gasteiger partial charge on any atom is -0.504 e. The maximum absolute atomic E-state index is 9.74. The number of ether oxygens (including phenoxy) is 1. The molecule has 0 aliphatic carbocycles. The highest BCUT2D eigenvalue weighted by Crippen LogP contribution is 2.26. The number of hydrogen-bond donors (Lipinski definition) is 3. The lowest BCUT2D eigenvalue weighted by Crippen LogP contribution is -2.41. The fourth-order valence-electron chi connectivity index (χ4n) is 1.66. The molecule has 5 nitrogen and oxygen atoms in total. The van der Waals surface area contributed by atoms with Crippen LogP contribution < -0.4 is 15.4 Å². The lowest BCUT2D eigenvalue weighted by Gasteiger charge is -2.16. The maximum atomic E-state index is 9.74. The number of phenols is 1. The third-order valence-electron chi connectivity index (χ3n) is 3.00. The summed E-state index contributed by atoms with van der Waals surface area (Å²) in [6, 6.07) is 5.69. The van der Waals surface area contributed by atoms with Crippen molar-refractivity contribution < 1.29 is 9.84 Å². The molecule has 0 bridgehead atoms. The second kappa shape index (κ2) is 8.30. The van der Waals surface area contributed by atoms with Gasteiger partial charge in [-0.05, 0) is 38.0 Å². The van der Waals surface area contributed by atoms with Crippen molar-refractivity contribution in [2.24, 2.45) is 4.99 Å². The van der Waals surface area contributed by atoms with Crippen LogP contribution in [-0.2, 0) is 6.54 Å².